The van der Waals surface area contributed by atoms with Gasteiger partial charge in [0.2, 0.25) is 5.95 Å². The van der Waals surface area contributed by atoms with Crippen LogP contribution in [0.25, 0.3) is 11.0 Å². The fourth-order valence-corrected chi connectivity index (χ4v) is 3.87. The lowest BCUT2D eigenvalue weighted by atomic mass is 10.0. The Kier molecular flexibility index (Phi) is 4.44. The highest BCUT2D eigenvalue weighted by molar-refractivity contribution is 5.98. The number of hydrogen-bond donors (Lipinski definition) is 0. The molecule has 26 heavy (non-hydrogen) atoms. The minimum Gasteiger partial charge on any atom is -0.378 e. The van der Waals surface area contributed by atoms with Crippen molar-refractivity contribution in [2.24, 2.45) is 13.0 Å². The summed E-state index contributed by atoms with van der Waals surface area (Å²) < 4.78 is 7.54. The summed E-state index contributed by atoms with van der Waals surface area (Å²) in [5.41, 5.74) is 2.62. The number of morpholine rings is 1. The van der Waals surface area contributed by atoms with Gasteiger partial charge in [0, 0.05) is 32.2 Å². The van der Waals surface area contributed by atoms with Gasteiger partial charge in [-0.15, -0.1) is 0 Å². The largest absolute Gasteiger partial charge is 0.378 e. The number of carbonyl (C=O) groups excluding carboxylic acids is 1. The molecular formula is C20H26N4O2. The Morgan fingerprint density at radius 3 is 2.77 bits per heavy atom. The monoisotopic (exact) mass is 354 g/mol. The van der Waals surface area contributed by atoms with Crippen LogP contribution in [-0.2, 0) is 11.8 Å². The lowest BCUT2D eigenvalue weighted by Crippen LogP contribution is -2.39. The first kappa shape index (κ1) is 17.1. The van der Waals surface area contributed by atoms with Gasteiger partial charge in [-0.3, -0.25) is 4.79 Å². The summed E-state index contributed by atoms with van der Waals surface area (Å²) in [7, 11) is 2.03. The second-order valence-corrected chi connectivity index (χ2v) is 7.39. The molecule has 2 aliphatic rings. The summed E-state index contributed by atoms with van der Waals surface area (Å²) in [6.45, 7) is 8.13. The first-order chi connectivity index (χ1) is 12.6. The Hall–Kier alpha value is -2.34. The van der Waals surface area contributed by atoms with E-state index >= 15 is 0 Å². The SMILES string of the molecule is CC(C)[C@H]1C=CCN1C(=O)c1ccc2c(c1)nc(N1CCOCC1)n2C. The van der Waals surface area contributed by atoms with E-state index in [1.54, 1.807) is 0 Å². The lowest BCUT2D eigenvalue weighted by Gasteiger charge is -2.27. The maximum absolute atomic E-state index is 13.0. The minimum atomic E-state index is 0.0779. The van der Waals surface area contributed by atoms with Gasteiger partial charge < -0.3 is 19.1 Å². The number of ether oxygens (including phenoxy) is 1. The Morgan fingerprint density at radius 2 is 2.04 bits per heavy atom. The molecule has 0 unspecified atom stereocenters. The number of anilines is 1. The average molecular weight is 354 g/mol. The van der Waals surface area contributed by atoms with Crippen molar-refractivity contribution >= 4 is 22.9 Å². The molecule has 0 bridgehead atoms. The van der Waals surface area contributed by atoms with E-state index in [0.29, 0.717) is 18.0 Å². The number of aryl methyl sites for hydroxylation is 1. The van der Waals surface area contributed by atoms with Crippen LogP contribution in [0.5, 0.6) is 0 Å². The van der Waals surface area contributed by atoms with Crippen LogP contribution in [0.4, 0.5) is 5.95 Å². The molecule has 6 heteroatoms. The number of carbonyl (C=O) groups is 1. The van der Waals surface area contributed by atoms with E-state index in [4.69, 9.17) is 9.72 Å². The van der Waals surface area contributed by atoms with Crippen LogP contribution in [-0.4, -0.2) is 59.2 Å². The first-order valence-electron chi connectivity index (χ1n) is 9.33. The van der Waals surface area contributed by atoms with Gasteiger partial charge in [-0.2, -0.15) is 0 Å². The molecule has 0 aliphatic carbocycles. The molecule has 138 valence electrons. The van der Waals surface area contributed by atoms with E-state index in [0.717, 1.165) is 43.3 Å². The molecule has 1 amide bonds. The standard InChI is InChI=1S/C20H26N4O2/c1-14(2)17-5-4-8-24(17)19(25)15-6-7-18-16(13-15)21-20(22(18)3)23-9-11-26-12-10-23/h4-7,13-14,17H,8-12H2,1-3H3/t17-/m1/s1. The predicted molar refractivity (Wildman–Crippen MR) is 103 cm³/mol. The third-order valence-corrected chi connectivity index (χ3v) is 5.34. The van der Waals surface area contributed by atoms with Gasteiger partial charge in [0.05, 0.1) is 30.3 Å². The second-order valence-electron chi connectivity index (χ2n) is 7.39. The van der Waals surface area contributed by atoms with Crippen molar-refractivity contribution in [1.82, 2.24) is 14.5 Å². The molecule has 4 rings (SSSR count). The molecule has 1 atom stereocenters. The first-order valence-corrected chi connectivity index (χ1v) is 9.33. The highest BCUT2D eigenvalue weighted by Crippen LogP contribution is 2.25. The number of aromatic nitrogens is 2. The molecule has 2 aliphatic heterocycles. The van der Waals surface area contributed by atoms with Gasteiger partial charge in [0.25, 0.3) is 5.91 Å². The van der Waals surface area contributed by atoms with Gasteiger partial charge >= 0.3 is 0 Å². The van der Waals surface area contributed by atoms with E-state index in [2.05, 4.69) is 35.5 Å². The number of amides is 1. The Balaban J connectivity index is 1.64. The molecule has 1 saturated heterocycles. The molecule has 0 radical (unpaired) electrons. The zero-order valence-electron chi connectivity index (χ0n) is 15.7. The van der Waals surface area contributed by atoms with Crippen molar-refractivity contribution in [3.8, 4) is 0 Å². The highest BCUT2D eigenvalue weighted by atomic mass is 16.5. The number of benzene rings is 1. The van der Waals surface area contributed by atoms with Crippen molar-refractivity contribution in [2.45, 2.75) is 19.9 Å². The van der Waals surface area contributed by atoms with Crippen molar-refractivity contribution in [3.05, 3.63) is 35.9 Å². The van der Waals surface area contributed by atoms with Gasteiger partial charge in [-0.1, -0.05) is 26.0 Å². The summed E-state index contributed by atoms with van der Waals surface area (Å²) in [4.78, 5) is 22.0. The number of hydrogen-bond acceptors (Lipinski definition) is 4. The third-order valence-electron chi connectivity index (χ3n) is 5.34. The van der Waals surface area contributed by atoms with Gasteiger partial charge in [0.15, 0.2) is 0 Å². The van der Waals surface area contributed by atoms with E-state index in [1.807, 2.05) is 30.1 Å². The molecule has 0 N–H and O–H groups in total. The summed E-state index contributed by atoms with van der Waals surface area (Å²) in [5.74, 6) is 1.43. The summed E-state index contributed by atoms with van der Waals surface area (Å²) >= 11 is 0. The van der Waals surface area contributed by atoms with Crippen molar-refractivity contribution < 1.29 is 9.53 Å². The minimum absolute atomic E-state index is 0.0779. The quantitative estimate of drug-likeness (QED) is 0.795. The number of imidazole rings is 1. The normalized spacial score (nSPS) is 20.5. The molecule has 6 nitrogen and oxygen atoms in total. The Bertz CT molecular complexity index is 849. The third kappa shape index (κ3) is 2.88. The van der Waals surface area contributed by atoms with E-state index in [1.165, 1.54) is 0 Å². The van der Waals surface area contributed by atoms with E-state index in [9.17, 15) is 4.79 Å². The Morgan fingerprint density at radius 1 is 1.27 bits per heavy atom. The number of rotatable bonds is 3. The average Bonchev–Trinajstić information content (AvgIpc) is 3.27. The van der Waals surface area contributed by atoms with Crippen molar-refractivity contribution in [2.75, 3.05) is 37.7 Å². The molecular weight excluding hydrogens is 328 g/mol. The lowest BCUT2D eigenvalue weighted by molar-refractivity contribution is 0.0720. The molecule has 0 saturated carbocycles. The number of nitrogens with zero attached hydrogens (tertiary/aromatic N) is 4. The molecule has 1 aromatic carbocycles. The van der Waals surface area contributed by atoms with Crippen LogP contribution < -0.4 is 4.90 Å². The topological polar surface area (TPSA) is 50.6 Å². The maximum atomic E-state index is 13.0. The summed E-state index contributed by atoms with van der Waals surface area (Å²) in [6, 6.07) is 6.03. The zero-order chi connectivity index (χ0) is 18.3. The predicted octanol–water partition coefficient (Wildman–Crippen LogP) is 2.45. The van der Waals surface area contributed by atoms with Crippen molar-refractivity contribution in [1.29, 1.82) is 0 Å². The smallest absolute Gasteiger partial charge is 0.254 e. The van der Waals surface area contributed by atoms with Gasteiger partial charge in [-0.05, 0) is 24.1 Å². The van der Waals surface area contributed by atoms with Crippen LogP contribution in [0, 0.1) is 5.92 Å². The highest BCUT2D eigenvalue weighted by Gasteiger charge is 2.28. The second kappa shape index (κ2) is 6.76. The molecule has 2 aromatic rings. The van der Waals surface area contributed by atoms with Crippen LogP contribution in [0.15, 0.2) is 30.4 Å². The van der Waals surface area contributed by atoms with Gasteiger partial charge in [0.1, 0.15) is 0 Å². The van der Waals surface area contributed by atoms with Gasteiger partial charge in [-0.25, -0.2) is 4.98 Å². The summed E-state index contributed by atoms with van der Waals surface area (Å²) in [5, 5.41) is 0. The molecule has 1 fully saturated rings. The van der Waals surface area contributed by atoms with Crippen molar-refractivity contribution in [3.63, 3.8) is 0 Å². The summed E-state index contributed by atoms with van der Waals surface area (Å²) in [6.07, 6.45) is 4.22. The van der Waals surface area contributed by atoms with E-state index < -0.39 is 0 Å². The van der Waals surface area contributed by atoms with Crippen LogP contribution in [0.3, 0.4) is 0 Å². The van der Waals surface area contributed by atoms with E-state index in [-0.39, 0.29) is 11.9 Å². The maximum Gasteiger partial charge on any atom is 0.254 e. The Labute approximate surface area is 154 Å². The van der Waals surface area contributed by atoms with Crippen LogP contribution in [0.1, 0.15) is 24.2 Å². The zero-order valence-corrected chi connectivity index (χ0v) is 15.7. The van der Waals surface area contributed by atoms with Crippen LogP contribution in [0.2, 0.25) is 0 Å². The fraction of sp³-hybridized carbons (Fsp3) is 0.500. The molecule has 0 spiro atoms. The molecule has 1 aromatic heterocycles. The fourth-order valence-electron chi connectivity index (χ4n) is 3.87. The number of fused-ring (bicyclic) bond motifs is 1. The van der Waals surface area contributed by atoms with Crippen LogP contribution >= 0.6 is 0 Å². The molecule has 3 heterocycles.